The first-order valence-electron chi connectivity index (χ1n) is 5.27. The lowest BCUT2D eigenvalue weighted by atomic mass is 10.0. The summed E-state index contributed by atoms with van der Waals surface area (Å²) in [5.41, 5.74) is 0.340. The minimum absolute atomic E-state index is 0.340. The molecule has 0 saturated carbocycles. The van der Waals surface area contributed by atoms with Crippen LogP contribution in [-0.2, 0) is 0 Å². The van der Waals surface area contributed by atoms with E-state index in [1.165, 1.54) is 32.6 Å². The molecule has 2 aliphatic heterocycles. The molecular formula is C11H18N2. The van der Waals surface area contributed by atoms with Crippen LogP contribution in [0, 0.1) is 12.3 Å². The maximum absolute atomic E-state index is 5.34. The zero-order chi connectivity index (χ0) is 9.31. The van der Waals surface area contributed by atoms with Gasteiger partial charge in [0.1, 0.15) is 0 Å². The van der Waals surface area contributed by atoms with E-state index in [0.29, 0.717) is 5.66 Å². The van der Waals surface area contributed by atoms with Crippen molar-refractivity contribution in [3.8, 4) is 12.3 Å². The summed E-state index contributed by atoms with van der Waals surface area (Å²) >= 11 is 0. The Bertz CT molecular complexity index is 209. The Morgan fingerprint density at radius 2 is 1.77 bits per heavy atom. The van der Waals surface area contributed by atoms with Crippen molar-refractivity contribution in [3.05, 3.63) is 0 Å². The quantitative estimate of drug-likeness (QED) is 0.460. The van der Waals surface area contributed by atoms with E-state index >= 15 is 0 Å². The van der Waals surface area contributed by atoms with Gasteiger partial charge in [-0.3, -0.25) is 9.80 Å². The fourth-order valence-corrected chi connectivity index (χ4v) is 2.35. The molecule has 0 aromatic rings. The third kappa shape index (κ3) is 1.59. The molecule has 0 radical (unpaired) electrons. The molecule has 0 aromatic heterocycles. The molecule has 0 amide bonds. The zero-order valence-corrected chi connectivity index (χ0v) is 8.42. The standard InChI is InChI=1S/C11H18N2/c1-3-5-6-11(4-2,12-7-8-12)13-9-10-13/h1H,4-10H2,2H3. The van der Waals surface area contributed by atoms with Crippen LogP contribution in [0.4, 0.5) is 0 Å². The highest BCUT2D eigenvalue weighted by Crippen LogP contribution is 2.38. The summed E-state index contributed by atoms with van der Waals surface area (Å²) < 4.78 is 0. The van der Waals surface area contributed by atoms with Crippen LogP contribution in [0.25, 0.3) is 0 Å². The van der Waals surface area contributed by atoms with Crippen LogP contribution in [0.3, 0.4) is 0 Å². The van der Waals surface area contributed by atoms with Crippen LogP contribution in [-0.4, -0.2) is 41.6 Å². The monoisotopic (exact) mass is 178 g/mol. The second kappa shape index (κ2) is 3.32. The number of rotatable bonds is 5. The van der Waals surface area contributed by atoms with E-state index in [4.69, 9.17) is 6.42 Å². The maximum atomic E-state index is 5.34. The van der Waals surface area contributed by atoms with Gasteiger partial charge in [-0.15, -0.1) is 12.3 Å². The Hall–Kier alpha value is -0.520. The van der Waals surface area contributed by atoms with Crippen molar-refractivity contribution in [1.29, 1.82) is 0 Å². The van der Waals surface area contributed by atoms with Gasteiger partial charge in [0.15, 0.2) is 0 Å². The van der Waals surface area contributed by atoms with E-state index in [0.717, 1.165) is 12.8 Å². The summed E-state index contributed by atoms with van der Waals surface area (Å²) in [5, 5.41) is 0. The second-order valence-electron chi connectivity index (χ2n) is 4.01. The van der Waals surface area contributed by atoms with Gasteiger partial charge in [0, 0.05) is 32.6 Å². The summed E-state index contributed by atoms with van der Waals surface area (Å²) in [4.78, 5) is 5.13. The van der Waals surface area contributed by atoms with Crippen LogP contribution in [0.15, 0.2) is 0 Å². The third-order valence-corrected chi connectivity index (χ3v) is 3.31. The summed E-state index contributed by atoms with van der Waals surface area (Å²) in [6.45, 7) is 7.38. The van der Waals surface area contributed by atoms with Crippen molar-refractivity contribution in [2.75, 3.05) is 26.2 Å². The fourth-order valence-electron chi connectivity index (χ4n) is 2.35. The lowest BCUT2D eigenvalue weighted by Crippen LogP contribution is -2.45. The van der Waals surface area contributed by atoms with Gasteiger partial charge in [-0.1, -0.05) is 6.92 Å². The molecule has 2 saturated heterocycles. The van der Waals surface area contributed by atoms with Gasteiger partial charge in [0.2, 0.25) is 0 Å². The Balaban J connectivity index is 2.02. The Kier molecular flexibility index (Phi) is 2.31. The predicted molar refractivity (Wildman–Crippen MR) is 54.2 cm³/mol. The smallest absolute Gasteiger partial charge is 0.0746 e. The first kappa shape index (κ1) is 9.05. The third-order valence-electron chi connectivity index (χ3n) is 3.31. The Labute approximate surface area is 80.9 Å². The zero-order valence-electron chi connectivity index (χ0n) is 8.42. The fraction of sp³-hybridized carbons (Fsp3) is 0.818. The van der Waals surface area contributed by atoms with Gasteiger partial charge in [-0.2, -0.15) is 0 Å². The maximum Gasteiger partial charge on any atom is 0.0746 e. The SMILES string of the molecule is C#CCCC(CC)(N1CC1)N1CC1. The van der Waals surface area contributed by atoms with Crippen LogP contribution < -0.4 is 0 Å². The van der Waals surface area contributed by atoms with Crippen LogP contribution in [0.5, 0.6) is 0 Å². The molecule has 0 unspecified atom stereocenters. The average molecular weight is 178 g/mol. The average Bonchev–Trinajstić information content (AvgIpc) is 2.99. The largest absolute Gasteiger partial charge is 0.283 e. The first-order valence-corrected chi connectivity index (χ1v) is 5.27. The van der Waals surface area contributed by atoms with Gasteiger partial charge in [0.05, 0.1) is 5.66 Å². The summed E-state index contributed by atoms with van der Waals surface area (Å²) in [6, 6.07) is 0. The molecular weight excluding hydrogens is 160 g/mol. The van der Waals surface area contributed by atoms with E-state index in [1.807, 2.05) is 0 Å². The van der Waals surface area contributed by atoms with Gasteiger partial charge in [-0.05, 0) is 12.8 Å². The van der Waals surface area contributed by atoms with E-state index in [1.54, 1.807) is 0 Å². The summed E-state index contributed by atoms with van der Waals surface area (Å²) in [6.07, 6.45) is 8.63. The molecule has 13 heavy (non-hydrogen) atoms. The molecule has 2 heterocycles. The number of hydrogen-bond donors (Lipinski definition) is 0. The van der Waals surface area contributed by atoms with Crippen LogP contribution in [0.2, 0.25) is 0 Å². The molecule has 2 fully saturated rings. The molecule has 72 valence electrons. The lowest BCUT2D eigenvalue weighted by molar-refractivity contribution is 0.0801. The predicted octanol–water partition coefficient (Wildman–Crippen LogP) is 1.14. The molecule has 2 nitrogen and oxygen atoms in total. The Morgan fingerprint density at radius 3 is 2.08 bits per heavy atom. The molecule has 0 N–H and O–H groups in total. The molecule has 0 aromatic carbocycles. The van der Waals surface area contributed by atoms with Crippen molar-refractivity contribution in [1.82, 2.24) is 9.80 Å². The molecule has 0 atom stereocenters. The molecule has 2 rings (SSSR count). The van der Waals surface area contributed by atoms with E-state index in [9.17, 15) is 0 Å². The highest BCUT2D eigenvalue weighted by molar-refractivity contribution is 5.03. The molecule has 0 spiro atoms. The van der Waals surface area contributed by atoms with Crippen LogP contribution >= 0.6 is 0 Å². The van der Waals surface area contributed by atoms with Gasteiger partial charge >= 0.3 is 0 Å². The second-order valence-corrected chi connectivity index (χ2v) is 4.01. The highest BCUT2D eigenvalue weighted by Gasteiger charge is 2.49. The topological polar surface area (TPSA) is 6.02 Å². The highest BCUT2D eigenvalue weighted by atomic mass is 15.5. The molecule has 2 aliphatic rings. The molecule has 2 heteroatoms. The number of terminal acetylenes is 1. The van der Waals surface area contributed by atoms with Gasteiger partial charge in [-0.25, -0.2) is 0 Å². The lowest BCUT2D eigenvalue weighted by Gasteiger charge is -2.35. The van der Waals surface area contributed by atoms with Crippen LogP contribution in [0.1, 0.15) is 26.2 Å². The minimum atomic E-state index is 0.340. The van der Waals surface area contributed by atoms with Crippen molar-refractivity contribution in [2.45, 2.75) is 31.8 Å². The van der Waals surface area contributed by atoms with Gasteiger partial charge in [0.25, 0.3) is 0 Å². The van der Waals surface area contributed by atoms with E-state index in [2.05, 4.69) is 22.6 Å². The number of nitrogens with zero attached hydrogens (tertiary/aromatic N) is 2. The van der Waals surface area contributed by atoms with E-state index < -0.39 is 0 Å². The first-order chi connectivity index (χ1) is 6.33. The van der Waals surface area contributed by atoms with E-state index in [-0.39, 0.29) is 0 Å². The van der Waals surface area contributed by atoms with Gasteiger partial charge < -0.3 is 0 Å². The molecule has 0 bridgehead atoms. The van der Waals surface area contributed by atoms with Crippen molar-refractivity contribution < 1.29 is 0 Å². The normalized spacial score (nSPS) is 22.8. The summed E-state index contributed by atoms with van der Waals surface area (Å²) in [5.74, 6) is 2.77. The number of hydrogen-bond acceptors (Lipinski definition) is 2. The summed E-state index contributed by atoms with van der Waals surface area (Å²) in [7, 11) is 0. The van der Waals surface area contributed by atoms with Crippen molar-refractivity contribution >= 4 is 0 Å². The van der Waals surface area contributed by atoms with Crippen molar-refractivity contribution in [3.63, 3.8) is 0 Å². The van der Waals surface area contributed by atoms with Crippen molar-refractivity contribution in [2.24, 2.45) is 0 Å². The molecule has 0 aliphatic carbocycles. The minimum Gasteiger partial charge on any atom is -0.283 e. The Morgan fingerprint density at radius 1 is 1.23 bits per heavy atom.